The predicted octanol–water partition coefficient (Wildman–Crippen LogP) is 5.45. The third kappa shape index (κ3) is 6.75. The van der Waals surface area contributed by atoms with Crippen molar-refractivity contribution in [3.63, 3.8) is 0 Å². The fraction of sp³-hybridized carbons (Fsp3) is 0.500. The molecular weight excluding hydrogens is 611 g/mol. The Morgan fingerprint density at radius 2 is 1.77 bits per heavy atom. The highest BCUT2D eigenvalue weighted by Crippen LogP contribution is 2.65. The molecule has 1 aliphatic heterocycles. The minimum Gasteiger partial charge on any atom is -0.404 e. The van der Waals surface area contributed by atoms with Crippen molar-refractivity contribution in [3.8, 4) is 10.6 Å². The fourth-order valence-electron chi connectivity index (χ4n) is 7.67. The predicted molar refractivity (Wildman–Crippen MR) is 184 cm³/mol. The number of thiophene rings is 1. The van der Waals surface area contributed by atoms with Crippen molar-refractivity contribution in [1.82, 2.24) is 20.9 Å². The number of nitrogens with zero attached hydrogens (tertiary/aromatic N) is 1. The van der Waals surface area contributed by atoms with E-state index in [4.69, 9.17) is 9.31 Å². The van der Waals surface area contributed by atoms with Crippen molar-refractivity contribution in [3.05, 3.63) is 76.8 Å². The number of pyridine rings is 1. The second-order valence-corrected chi connectivity index (χ2v) is 15.5. The average molecular weight is 657 g/mol. The molecule has 7 rings (SSSR count). The molecule has 3 saturated carbocycles. The molecule has 0 unspecified atom stereocenters. The summed E-state index contributed by atoms with van der Waals surface area (Å²) in [6.07, 6.45) is 2.67. The van der Waals surface area contributed by atoms with Crippen LogP contribution in [-0.2, 0) is 14.1 Å². The summed E-state index contributed by atoms with van der Waals surface area (Å²) in [6.45, 7) is 12.8. The van der Waals surface area contributed by atoms with Crippen LogP contribution in [-0.4, -0.2) is 60.1 Å². The molecule has 248 valence electrons. The number of aromatic nitrogens is 1. The van der Waals surface area contributed by atoms with Gasteiger partial charge >= 0.3 is 7.12 Å². The first-order valence-electron chi connectivity index (χ1n) is 16.7. The molecule has 3 aromatic rings. The van der Waals surface area contributed by atoms with Crippen LogP contribution in [0.3, 0.4) is 0 Å². The normalized spacial score (nSPS) is 25.3. The van der Waals surface area contributed by atoms with Crippen molar-refractivity contribution >= 4 is 36.2 Å². The van der Waals surface area contributed by atoms with Crippen molar-refractivity contribution in [1.29, 1.82) is 0 Å². The molecule has 3 N–H and O–H groups in total. The molecular formula is C36H45BN4O5S. The van der Waals surface area contributed by atoms with Crippen LogP contribution in [0.25, 0.3) is 10.6 Å². The number of rotatable bonds is 11. The Labute approximate surface area is 281 Å². The van der Waals surface area contributed by atoms with E-state index in [1.165, 1.54) is 11.3 Å². The summed E-state index contributed by atoms with van der Waals surface area (Å²) in [4.78, 5) is 46.2. The summed E-state index contributed by atoms with van der Waals surface area (Å²) in [6, 6.07) is 15.2. The molecule has 47 heavy (non-hydrogen) atoms. The van der Waals surface area contributed by atoms with Gasteiger partial charge in [0, 0.05) is 12.1 Å². The van der Waals surface area contributed by atoms with Crippen LogP contribution in [0.15, 0.2) is 60.0 Å². The number of hydrogen-bond acceptors (Lipinski definition) is 7. The number of hydrogen-bond donors (Lipinski definition) is 3. The molecule has 6 atom stereocenters. The van der Waals surface area contributed by atoms with Crippen molar-refractivity contribution in [2.24, 2.45) is 23.2 Å². The molecule has 2 aromatic heterocycles. The number of carbonyl (C=O) groups excluding carboxylic acids is 3. The molecule has 0 spiro atoms. The summed E-state index contributed by atoms with van der Waals surface area (Å²) in [5.41, 5.74) is 2.13. The molecule has 3 aliphatic carbocycles. The Morgan fingerprint density at radius 1 is 1.00 bits per heavy atom. The maximum atomic E-state index is 14.1. The lowest BCUT2D eigenvalue weighted by Gasteiger charge is -2.64. The van der Waals surface area contributed by atoms with E-state index in [1.807, 2.05) is 42.6 Å². The molecule has 11 heteroatoms. The Balaban J connectivity index is 1.20. The molecule has 4 fully saturated rings. The molecule has 3 heterocycles. The van der Waals surface area contributed by atoms with Gasteiger partial charge in [-0.25, -0.2) is 4.98 Å². The molecule has 9 nitrogen and oxygen atoms in total. The van der Waals surface area contributed by atoms with E-state index < -0.39 is 36.5 Å². The topological polar surface area (TPSA) is 119 Å². The second kappa shape index (κ2) is 13.2. The SMILES string of the molecule is Cc1ccc(C(=O)NC[C@H](NC(=O)c2cccc(-c3cccs3)n2)C(=O)N[C@@H](CC(C)C)B2O[C@@H]3C[C@@H]4C[C@@H](C4(C)C)[C@]3(C)O2)cc1. The quantitative estimate of drug-likeness (QED) is 0.237. The Kier molecular flexibility index (Phi) is 9.35. The number of benzene rings is 1. The van der Waals surface area contributed by atoms with E-state index in [0.717, 1.165) is 23.3 Å². The minimum atomic E-state index is -1.08. The lowest BCUT2D eigenvalue weighted by Crippen LogP contribution is -2.65. The summed E-state index contributed by atoms with van der Waals surface area (Å²) in [5, 5.41) is 10.8. The highest BCUT2D eigenvalue weighted by molar-refractivity contribution is 7.13. The van der Waals surface area contributed by atoms with Gasteiger partial charge < -0.3 is 25.3 Å². The first-order valence-corrected chi connectivity index (χ1v) is 17.5. The Hall–Kier alpha value is -3.54. The summed E-state index contributed by atoms with van der Waals surface area (Å²) in [5.74, 6) is -0.490. The zero-order valence-electron chi connectivity index (χ0n) is 28.0. The number of nitrogens with one attached hydrogen (secondary N) is 3. The van der Waals surface area contributed by atoms with Crippen molar-refractivity contribution in [2.45, 2.75) is 84.5 Å². The minimum absolute atomic E-state index is 0.0261. The molecule has 2 bridgehead atoms. The van der Waals surface area contributed by atoms with E-state index in [2.05, 4.69) is 55.6 Å². The van der Waals surface area contributed by atoms with E-state index in [9.17, 15) is 14.4 Å². The molecule has 1 aromatic carbocycles. The smallest absolute Gasteiger partial charge is 0.404 e. The molecule has 4 aliphatic rings. The maximum absolute atomic E-state index is 14.1. The third-order valence-electron chi connectivity index (χ3n) is 10.5. The number of aryl methyl sites for hydroxylation is 1. The average Bonchev–Trinajstić information content (AvgIpc) is 3.70. The van der Waals surface area contributed by atoms with Gasteiger partial charge in [0.05, 0.1) is 28.2 Å². The van der Waals surface area contributed by atoms with Crippen molar-refractivity contribution < 1.29 is 23.7 Å². The van der Waals surface area contributed by atoms with Crippen LogP contribution in [0.4, 0.5) is 0 Å². The largest absolute Gasteiger partial charge is 0.481 e. The summed E-state index contributed by atoms with van der Waals surface area (Å²) < 4.78 is 13.3. The highest BCUT2D eigenvalue weighted by atomic mass is 32.1. The number of carbonyl (C=O) groups is 3. The van der Waals surface area contributed by atoms with Crippen LogP contribution in [0.1, 0.15) is 80.3 Å². The standard InChI is InChI=1S/C36H45BN4O5S/c1-21(2)17-31(37-45-30-19-24-18-29(35(24,4)5)36(30,6)46-37)41-34(44)27(20-38-32(42)23-14-12-22(3)13-15-23)40-33(43)26-10-7-9-25(39-26)28-11-8-16-47-28/h7-16,21,24,27,29-31H,17-20H2,1-6H3,(H,38,42)(H,40,43)(H,41,44)/t24-,27-,29-,30+,31-,36-/m0/s1. The van der Waals surface area contributed by atoms with Crippen LogP contribution in [0.2, 0.25) is 0 Å². The van der Waals surface area contributed by atoms with Gasteiger partial charge in [-0.1, -0.05) is 57.5 Å². The van der Waals surface area contributed by atoms with Crippen LogP contribution in [0.5, 0.6) is 0 Å². The van der Waals surface area contributed by atoms with Gasteiger partial charge in [0.25, 0.3) is 11.8 Å². The van der Waals surface area contributed by atoms with Gasteiger partial charge in [-0.3, -0.25) is 14.4 Å². The van der Waals surface area contributed by atoms with Crippen molar-refractivity contribution in [2.75, 3.05) is 6.54 Å². The molecule has 0 radical (unpaired) electrons. The van der Waals surface area contributed by atoms with Gasteiger partial charge in [0.1, 0.15) is 11.7 Å². The first kappa shape index (κ1) is 33.4. The second-order valence-electron chi connectivity index (χ2n) is 14.6. The third-order valence-corrected chi connectivity index (χ3v) is 11.4. The summed E-state index contributed by atoms with van der Waals surface area (Å²) in [7, 11) is -0.617. The number of amides is 3. The van der Waals surface area contributed by atoms with Gasteiger partial charge in [-0.2, -0.15) is 0 Å². The van der Waals surface area contributed by atoms with Crippen LogP contribution >= 0.6 is 11.3 Å². The van der Waals surface area contributed by atoms with E-state index in [-0.39, 0.29) is 35.6 Å². The molecule has 3 amide bonds. The highest BCUT2D eigenvalue weighted by Gasteiger charge is 2.68. The zero-order valence-corrected chi connectivity index (χ0v) is 28.9. The molecule has 1 saturated heterocycles. The van der Waals surface area contributed by atoms with Gasteiger partial charge in [-0.15, -0.1) is 11.3 Å². The van der Waals surface area contributed by atoms with E-state index in [1.54, 1.807) is 24.3 Å². The van der Waals surface area contributed by atoms with E-state index >= 15 is 0 Å². The van der Waals surface area contributed by atoms with Gasteiger partial charge in [0.15, 0.2) is 0 Å². The van der Waals surface area contributed by atoms with Gasteiger partial charge in [-0.05, 0) is 92.0 Å². The summed E-state index contributed by atoms with van der Waals surface area (Å²) >= 11 is 1.53. The lowest BCUT2D eigenvalue weighted by atomic mass is 9.43. The van der Waals surface area contributed by atoms with Crippen LogP contribution < -0.4 is 16.0 Å². The Bertz CT molecular complexity index is 1610. The zero-order chi connectivity index (χ0) is 33.5. The Morgan fingerprint density at radius 3 is 2.45 bits per heavy atom. The van der Waals surface area contributed by atoms with Gasteiger partial charge in [0.2, 0.25) is 5.91 Å². The fourth-order valence-corrected chi connectivity index (χ4v) is 8.36. The first-order chi connectivity index (χ1) is 22.3. The lowest BCUT2D eigenvalue weighted by molar-refractivity contribution is -0.199. The maximum Gasteiger partial charge on any atom is 0.481 e. The van der Waals surface area contributed by atoms with Crippen LogP contribution in [0, 0.1) is 30.1 Å². The monoisotopic (exact) mass is 656 g/mol. The van der Waals surface area contributed by atoms with E-state index in [0.29, 0.717) is 29.5 Å².